The standard InChI is InChI=1S/C61H68N2/c1-5-7-9-11-13-21-43-61(44-22-14-12-10-8-6-2)59-45-48(4)29-41-57(59)58-42-32-50(46-60(58)61)49-30-35-54(36-31-49)63(52-25-19-16-20-26-52)56-39-37-55(38-40-56)62(51-23-17-15-18-24-51)53-33-27-47(3)28-34-53/h15-20,23-42,45-46H,5-14,21-22,43-44H2,1-4H3. The lowest BCUT2D eigenvalue weighted by Gasteiger charge is -2.33. The summed E-state index contributed by atoms with van der Waals surface area (Å²) in [7, 11) is 0. The summed E-state index contributed by atoms with van der Waals surface area (Å²) in [5.74, 6) is 0. The van der Waals surface area contributed by atoms with Crippen molar-refractivity contribution in [1.82, 2.24) is 0 Å². The van der Waals surface area contributed by atoms with Gasteiger partial charge in [-0.1, -0.05) is 193 Å². The highest BCUT2D eigenvalue weighted by Crippen LogP contribution is 2.55. The van der Waals surface area contributed by atoms with Crippen LogP contribution in [0, 0.1) is 13.8 Å². The minimum absolute atomic E-state index is 0.0635. The molecule has 2 nitrogen and oxygen atoms in total. The molecule has 0 radical (unpaired) electrons. The lowest BCUT2D eigenvalue weighted by molar-refractivity contribution is 0.398. The number of hydrogen-bond donors (Lipinski definition) is 0. The van der Waals surface area contributed by atoms with Crippen LogP contribution in [0.2, 0.25) is 0 Å². The highest BCUT2D eigenvalue weighted by atomic mass is 15.2. The molecule has 0 saturated heterocycles. The molecule has 1 aliphatic carbocycles. The Morgan fingerprint density at radius 1 is 0.333 bits per heavy atom. The van der Waals surface area contributed by atoms with E-state index in [1.54, 1.807) is 11.1 Å². The smallest absolute Gasteiger partial charge is 0.0463 e. The van der Waals surface area contributed by atoms with Crippen LogP contribution in [0.1, 0.15) is 126 Å². The maximum Gasteiger partial charge on any atom is 0.0463 e. The van der Waals surface area contributed by atoms with Gasteiger partial charge in [0.25, 0.3) is 0 Å². The molecule has 8 rings (SSSR count). The molecule has 0 spiro atoms. The highest BCUT2D eigenvalue weighted by molar-refractivity contribution is 5.86. The third kappa shape index (κ3) is 10.0. The zero-order valence-corrected chi connectivity index (χ0v) is 38.5. The van der Waals surface area contributed by atoms with E-state index in [-0.39, 0.29) is 5.41 Å². The molecule has 0 saturated carbocycles. The number of benzene rings is 7. The van der Waals surface area contributed by atoms with E-state index in [1.165, 1.54) is 123 Å². The van der Waals surface area contributed by atoms with E-state index in [2.05, 4.69) is 207 Å². The Labute approximate surface area is 379 Å². The first-order chi connectivity index (χ1) is 31.0. The summed E-state index contributed by atoms with van der Waals surface area (Å²) in [6.45, 7) is 9.07. The van der Waals surface area contributed by atoms with Crippen molar-refractivity contribution in [3.05, 3.63) is 192 Å². The van der Waals surface area contributed by atoms with Crippen LogP contribution in [0.25, 0.3) is 22.3 Å². The molecule has 322 valence electrons. The molecule has 2 heteroatoms. The maximum atomic E-state index is 2.59. The third-order valence-corrected chi connectivity index (χ3v) is 13.6. The van der Waals surface area contributed by atoms with E-state index in [0.717, 1.165) is 34.1 Å². The molecule has 0 atom stereocenters. The van der Waals surface area contributed by atoms with Crippen molar-refractivity contribution >= 4 is 34.1 Å². The summed E-state index contributed by atoms with van der Waals surface area (Å²) in [6.07, 6.45) is 18.4. The summed E-state index contributed by atoms with van der Waals surface area (Å²) in [5.41, 5.74) is 18.1. The number of rotatable bonds is 21. The van der Waals surface area contributed by atoms with Crippen molar-refractivity contribution in [1.29, 1.82) is 0 Å². The van der Waals surface area contributed by atoms with Gasteiger partial charge in [-0.3, -0.25) is 0 Å². The van der Waals surface area contributed by atoms with Gasteiger partial charge in [-0.15, -0.1) is 0 Å². The Hall–Kier alpha value is -5.86. The van der Waals surface area contributed by atoms with Crippen molar-refractivity contribution in [2.45, 2.75) is 123 Å². The fourth-order valence-corrected chi connectivity index (χ4v) is 10.2. The van der Waals surface area contributed by atoms with Gasteiger partial charge in [-0.25, -0.2) is 0 Å². The number of aryl methyl sites for hydroxylation is 2. The number of fused-ring (bicyclic) bond motifs is 3. The second-order valence-electron chi connectivity index (χ2n) is 18.2. The number of unbranched alkanes of at least 4 members (excludes halogenated alkanes) is 10. The summed E-state index contributed by atoms with van der Waals surface area (Å²) in [4.78, 5) is 4.71. The third-order valence-electron chi connectivity index (χ3n) is 13.6. The lowest BCUT2D eigenvalue weighted by Crippen LogP contribution is -2.25. The molecular formula is C61H68N2. The molecule has 63 heavy (non-hydrogen) atoms. The Kier molecular flexibility index (Phi) is 14.6. The average molecular weight is 829 g/mol. The van der Waals surface area contributed by atoms with Crippen LogP contribution in [0.3, 0.4) is 0 Å². The van der Waals surface area contributed by atoms with Gasteiger partial charge in [-0.2, -0.15) is 0 Å². The second kappa shape index (κ2) is 21.0. The van der Waals surface area contributed by atoms with Crippen LogP contribution in [0.4, 0.5) is 34.1 Å². The van der Waals surface area contributed by atoms with Gasteiger partial charge < -0.3 is 9.80 Å². The van der Waals surface area contributed by atoms with Crippen LogP contribution in [0.5, 0.6) is 0 Å². The van der Waals surface area contributed by atoms with Crippen molar-refractivity contribution in [2.75, 3.05) is 9.80 Å². The van der Waals surface area contributed by atoms with Gasteiger partial charge in [0.2, 0.25) is 0 Å². The molecule has 7 aromatic rings. The largest absolute Gasteiger partial charge is 0.311 e. The number of anilines is 6. The number of hydrogen-bond acceptors (Lipinski definition) is 2. The molecular weight excluding hydrogens is 761 g/mol. The van der Waals surface area contributed by atoms with E-state index in [0.29, 0.717) is 0 Å². The van der Waals surface area contributed by atoms with Crippen molar-refractivity contribution in [3.8, 4) is 22.3 Å². The van der Waals surface area contributed by atoms with Crippen LogP contribution in [-0.4, -0.2) is 0 Å². The van der Waals surface area contributed by atoms with Crippen molar-refractivity contribution in [2.24, 2.45) is 0 Å². The molecule has 0 heterocycles. The zero-order chi connectivity index (χ0) is 43.4. The Balaban J connectivity index is 1.11. The highest BCUT2D eigenvalue weighted by Gasteiger charge is 2.42. The van der Waals surface area contributed by atoms with Gasteiger partial charge in [0.15, 0.2) is 0 Å². The van der Waals surface area contributed by atoms with Gasteiger partial charge >= 0.3 is 0 Å². The van der Waals surface area contributed by atoms with Gasteiger partial charge in [0.1, 0.15) is 0 Å². The minimum atomic E-state index is 0.0635. The van der Waals surface area contributed by atoms with Crippen LogP contribution in [-0.2, 0) is 5.41 Å². The molecule has 1 aliphatic rings. The number of para-hydroxylation sites is 2. The Morgan fingerprint density at radius 2 is 0.698 bits per heavy atom. The van der Waals surface area contributed by atoms with E-state index in [1.807, 2.05) is 0 Å². The van der Waals surface area contributed by atoms with E-state index >= 15 is 0 Å². The first-order valence-corrected chi connectivity index (χ1v) is 24.2. The predicted molar refractivity (Wildman–Crippen MR) is 273 cm³/mol. The molecule has 0 fully saturated rings. The first kappa shape index (κ1) is 43.8. The van der Waals surface area contributed by atoms with Crippen LogP contribution < -0.4 is 9.80 Å². The van der Waals surface area contributed by atoms with Crippen LogP contribution >= 0.6 is 0 Å². The number of nitrogens with zero attached hydrogens (tertiary/aromatic N) is 2. The van der Waals surface area contributed by atoms with Gasteiger partial charge in [0, 0.05) is 39.5 Å². The van der Waals surface area contributed by atoms with E-state index in [4.69, 9.17) is 0 Å². The minimum Gasteiger partial charge on any atom is -0.311 e. The monoisotopic (exact) mass is 829 g/mol. The SMILES string of the molecule is CCCCCCCCC1(CCCCCCCC)c2cc(C)ccc2-c2ccc(-c3ccc(N(c4ccccc4)c4ccc(N(c5ccccc5)c5ccc(C)cc5)cc4)cc3)cc21. The maximum absolute atomic E-state index is 2.59. The fraction of sp³-hybridized carbons (Fsp3) is 0.311. The first-order valence-electron chi connectivity index (χ1n) is 24.2. The zero-order valence-electron chi connectivity index (χ0n) is 38.5. The normalized spacial score (nSPS) is 12.5. The summed E-state index contributed by atoms with van der Waals surface area (Å²) in [6, 6.07) is 63.2. The summed E-state index contributed by atoms with van der Waals surface area (Å²) < 4.78 is 0. The molecule has 0 aromatic heterocycles. The Morgan fingerprint density at radius 3 is 1.19 bits per heavy atom. The summed E-state index contributed by atoms with van der Waals surface area (Å²) >= 11 is 0. The van der Waals surface area contributed by atoms with Crippen molar-refractivity contribution < 1.29 is 0 Å². The molecule has 0 unspecified atom stereocenters. The van der Waals surface area contributed by atoms with Crippen molar-refractivity contribution in [3.63, 3.8) is 0 Å². The van der Waals surface area contributed by atoms with E-state index in [9.17, 15) is 0 Å². The fourth-order valence-electron chi connectivity index (χ4n) is 10.2. The molecule has 0 amide bonds. The predicted octanol–water partition coefficient (Wildman–Crippen LogP) is 18.7. The molecule has 0 N–H and O–H groups in total. The van der Waals surface area contributed by atoms with Crippen LogP contribution in [0.15, 0.2) is 170 Å². The topological polar surface area (TPSA) is 6.48 Å². The molecule has 0 bridgehead atoms. The summed E-state index contributed by atoms with van der Waals surface area (Å²) in [5, 5.41) is 0. The lowest BCUT2D eigenvalue weighted by atomic mass is 9.70. The quantitative estimate of drug-likeness (QED) is 0.0666. The van der Waals surface area contributed by atoms with E-state index < -0.39 is 0 Å². The van der Waals surface area contributed by atoms with Gasteiger partial charge in [0.05, 0.1) is 0 Å². The molecule has 0 aliphatic heterocycles. The molecule has 7 aromatic carbocycles. The Bertz CT molecular complexity index is 2470. The average Bonchev–Trinajstić information content (AvgIpc) is 3.58. The van der Waals surface area contributed by atoms with Gasteiger partial charge in [-0.05, 0) is 139 Å². The second-order valence-corrected chi connectivity index (χ2v) is 18.2.